The number of hydrogen-bond acceptors (Lipinski definition) is 2. The first kappa shape index (κ1) is 21.8. The Hall–Kier alpha value is -3.40. The fraction of sp³-hybridized carbons (Fsp3) is 0.286. The van der Waals surface area contributed by atoms with Gasteiger partial charge in [0, 0.05) is 11.3 Å². The molecule has 0 heterocycles. The van der Waals surface area contributed by atoms with Crippen molar-refractivity contribution in [2.24, 2.45) is 0 Å². The predicted octanol–water partition coefficient (Wildman–Crippen LogP) is 6.23. The minimum Gasteiger partial charge on any atom is -0.345 e. The summed E-state index contributed by atoms with van der Waals surface area (Å²) in [5, 5.41) is 6.01. The lowest BCUT2D eigenvalue weighted by Crippen LogP contribution is -2.31. The van der Waals surface area contributed by atoms with Crippen LogP contribution in [-0.2, 0) is 4.79 Å². The summed E-state index contributed by atoms with van der Waals surface area (Å²) in [5.41, 5.74) is 3.63. The number of rotatable bonds is 7. The lowest BCUT2D eigenvalue weighted by atomic mass is 9.84. The maximum absolute atomic E-state index is 12.8. The topological polar surface area (TPSA) is 58.2 Å². The maximum Gasteiger partial charge on any atom is 0.251 e. The van der Waals surface area contributed by atoms with Crippen LogP contribution in [0.25, 0.3) is 0 Å². The quantitative estimate of drug-likeness (QED) is 0.470. The van der Waals surface area contributed by atoms with Gasteiger partial charge >= 0.3 is 0 Å². The van der Waals surface area contributed by atoms with E-state index in [0.717, 1.165) is 11.3 Å². The van der Waals surface area contributed by atoms with Crippen molar-refractivity contribution in [1.29, 1.82) is 0 Å². The molecule has 0 spiro atoms. The summed E-state index contributed by atoms with van der Waals surface area (Å²) in [7, 11) is 0. The normalized spacial score (nSPS) is 15.0. The van der Waals surface area contributed by atoms with Gasteiger partial charge in [-0.1, -0.05) is 79.9 Å². The Morgan fingerprint density at radius 2 is 1.41 bits per heavy atom. The monoisotopic (exact) mass is 426 g/mol. The standard InChI is InChI=1S/C28H30N2O2/c31-27(29-25-18-16-22(17-19-25)21-10-4-1-5-11-21)20-26(23-12-6-2-7-13-23)30-28(32)24-14-8-3-9-15-24/h2-3,6-9,12-19,21,26H,1,4-5,10-11,20H2,(H,29,31)(H,30,32)/t26-/m0/s1. The molecule has 1 aliphatic carbocycles. The van der Waals surface area contributed by atoms with E-state index in [1.807, 2.05) is 60.7 Å². The van der Waals surface area contributed by atoms with E-state index in [1.54, 1.807) is 12.1 Å². The minimum atomic E-state index is -0.412. The smallest absolute Gasteiger partial charge is 0.251 e. The van der Waals surface area contributed by atoms with E-state index < -0.39 is 6.04 Å². The summed E-state index contributed by atoms with van der Waals surface area (Å²) in [6, 6.07) is 26.5. The van der Waals surface area contributed by atoms with E-state index in [1.165, 1.54) is 37.7 Å². The molecule has 0 unspecified atom stereocenters. The van der Waals surface area contributed by atoms with Crippen LogP contribution in [0.15, 0.2) is 84.9 Å². The average molecular weight is 427 g/mol. The number of nitrogens with one attached hydrogen (secondary N) is 2. The van der Waals surface area contributed by atoms with Gasteiger partial charge in [-0.05, 0) is 54.2 Å². The van der Waals surface area contributed by atoms with Crippen molar-refractivity contribution in [2.45, 2.75) is 50.5 Å². The Kier molecular flexibility index (Phi) is 7.34. The maximum atomic E-state index is 12.8. The first-order valence-corrected chi connectivity index (χ1v) is 11.5. The predicted molar refractivity (Wildman–Crippen MR) is 129 cm³/mol. The van der Waals surface area contributed by atoms with Crippen molar-refractivity contribution in [3.63, 3.8) is 0 Å². The second kappa shape index (κ2) is 10.8. The third-order valence-corrected chi connectivity index (χ3v) is 6.20. The summed E-state index contributed by atoms with van der Waals surface area (Å²) in [6.45, 7) is 0. The highest BCUT2D eigenvalue weighted by molar-refractivity contribution is 5.95. The Labute approximate surface area is 190 Å². The van der Waals surface area contributed by atoms with Crippen molar-refractivity contribution in [3.8, 4) is 0 Å². The number of carbonyl (C=O) groups is 2. The SMILES string of the molecule is O=C(C[C@H](NC(=O)c1ccccc1)c1ccccc1)Nc1ccc(C2CCCCC2)cc1. The van der Waals surface area contributed by atoms with Crippen LogP contribution in [0.4, 0.5) is 5.69 Å². The minimum absolute atomic E-state index is 0.127. The molecule has 164 valence electrons. The first-order chi connectivity index (χ1) is 15.7. The van der Waals surface area contributed by atoms with Crippen LogP contribution < -0.4 is 10.6 Å². The van der Waals surface area contributed by atoms with E-state index in [4.69, 9.17) is 0 Å². The molecule has 32 heavy (non-hydrogen) atoms. The molecule has 1 aliphatic rings. The zero-order chi connectivity index (χ0) is 22.2. The molecule has 4 rings (SSSR count). The Morgan fingerprint density at radius 1 is 0.781 bits per heavy atom. The second-order valence-corrected chi connectivity index (χ2v) is 8.51. The number of amides is 2. The molecule has 2 N–H and O–H groups in total. The van der Waals surface area contributed by atoms with Crippen LogP contribution in [0.3, 0.4) is 0 Å². The molecular weight excluding hydrogens is 396 g/mol. The number of anilines is 1. The molecule has 3 aromatic carbocycles. The second-order valence-electron chi connectivity index (χ2n) is 8.51. The average Bonchev–Trinajstić information content (AvgIpc) is 2.85. The first-order valence-electron chi connectivity index (χ1n) is 11.5. The summed E-state index contributed by atoms with van der Waals surface area (Å²) in [5.74, 6) is 0.325. The summed E-state index contributed by atoms with van der Waals surface area (Å²) in [4.78, 5) is 25.6. The van der Waals surface area contributed by atoms with E-state index >= 15 is 0 Å². The number of hydrogen-bond donors (Lipinski definition) is 2. The van der Waals surface area contributed by atoms with E-state index in [2.05, 4.69) is 22.8 Å². The third-order valence-electron chi connectivity index (χ3n) is 6.20. The van der Waals surface area contributed by atoms with E-state index in [-0.39, 0.29) is 18.2 Å². The Morgan fingerprint density at radius 3 is 2.06 bits per heavy atom. The molecule has 1 fully saturated rings. The van der Waals surface area contributed by atoms with Gasteiger partial charge in [0.15, 0.2) is 0 Å². The third kappa shape index (κ3) is 5.85. The molecule has 2 amide bonds. The highest BCUT2D eigenvalue weighted by atomic mass is 16.2. The fourth-order valence-corrected chi connectivity index (χ4v) is 4.44. The van der Waals surface area contributed by atoms with Gasteiger partial charge in [0.05, 0.1) is 12.5 Å². The molecule has 4 heteroatoms. The number of benzene rings is 3. The molecule has 0 aromatic heterocycles. The van der Waals surface area contributed by atoms with Crippen LogP contribution in [0.5, 0.6) is 0 Å². The highest BCUT2D eigenvalue weighted by Crippen LogP contribution is 2.33. The molecule has 0 radical (unpaired) electrons. The van der Waals surface area contributed by atoms with Crippen LogP contribution in [0, 0.1) is 0 Å². The van der Waals surface area contributed by atoms with Crippen molar-refractivity contribution >= 4 is 17.5 Å². The summed E-state index contributed by atoms with van der Waals surface area (Å²) >= 11 is 0. The van der Waals surface area contributed by atoms with Gasteiger partial charge in [0.25, 0.3) is 5.91 Å². The van der Waals surface area contributed by atoms with Crippen molar-refractivity contribution < 1.29 is 9.59 Å². The van der Waals surface area contributed by atoms with Crippen LogP contribution >= 0.6 is 0 Å². The zero-order valence-corrected chi connectivity index (χ0v) is 18.3. The number of carbonyl (C=O) groups excluding carboxylic acids is 2. The lowest BCUT2D eigenvalue weighted by molar-refractivity contribution is -0.116. The van der Waals surface area contributed by atoms with Crippen LogP contribution in [-0.4, -0.2) is 11.8 Å². The van der Waals surface area contributed by atoms with E-state index in [0.29, 0.717) is 11.5 Å². The van der Waals surface area contributed by atoms with Gasteiger partial charge in [0.2, 0.25) is 5.91 Å². The molecule has 0 aliphatic heterocycles. The van der Waals surface area contributed by atoms with Crippen LogP contribution in [0.1, 0.15) is 72.0 Å². The Bertz CT molecular complexity index is 1010. The lowest BCUT2D eigenvalue weighted by Gasteiger charge is -2.22. The molecule has 1 saturated carbocycles. The van der Waals surface area contributed by atoms with Gasteiger partial charge in [-0.2, -0.15) is 0 Å². The molecule has 4 nitrogen and oxygen atoms in total. The summed E-state index contributed by atoms with van der Waals surface area (Å²) in [6.07, 6.45) is 6.62. The zero-order valence-electron chi connectivity index (χ0n) is 18.3. The molecule has 0 saturated heterocycles. The van der Waals surface area contributed by atoms with Gasteiger partial charge in [-0.3, -0.25) is 9.59 Å². The van der Waals surface area contributed by atoms with Gasteiger partial charge < -0.3 is 10.6 Å². The fourth-order valence-electron chi connectivity index (χ4n) is 4.44. The highest BCUT2D eigenvalue weighted by Gasteiger charge is 2.20. The molecule has 1 atom stereocenters. The summed E-state index contributed by atoms with van der Waals surface area (Å²) < 4.78 is 0. The van der Waals surface area contributed by atoms with E-state index in [9.17, 15) is 9.59 Å². The Balaban J connectivity index is 1.41. The molecule has 0 bridgehead atoms. The molecule has 3 aromatic rings. The van der Waals surface area contributed by atoms with Crippen molar-refractivity contribution in [2.75, 3.05) is 5.32 Å². The van der Waals surface area contributed by atoms with Gasteiger partial charge in [0.1, 0.15) is 0 Å². The van der Waals surface area contributed by atoms with Crippen molar-refractivity contribution in [1.82, 2.24) is 5.32 Å². The van der Waals surface area contributed by atoms with Gasteiger partial charge in [-0.15, -0.1) is 0 Å². The van der Waals surface area contributed by atoms with Crippen molar-refractivity contribution in [3.05, 3.63) is 102 Å². The van der Waals surface area contributed by atoms with Gasteiger partial charge in [-0.25, -0.2) is 0 Å². The van der Waals surface area contributed by atoms with Crippen LogP contribution in [0.2, 0.25) is 0 Å². The molecular formula is C28H30N2O2. The largest absolute Gasteiger partial charge is 0.345 e.